The Balaban J connectivity index is 1.36. The Kier molecular flexibility index (Phi) is 5.24. The minimum atomic E-state index is 0.0521. The number of ether oxygens (including phenoxy) is 1. The quantitative estimate of drug-likeness (QED) is 0.837. The normalized spacial score (nSPS) is 21.7. The van der Waals surface area contributed by atoms with Gasteiger partial charge in [-0.15, -0.1) is 0 Å². The Bertz CT molecular complexity index is 727. The smallest absolute Gasteiger partial charge is 0.255 e. The van der Waals surface area contributed by atoms with Crippen molar-refractivity contribution in [3.63, 3.8) is 0 Å². The van der Waals surface area contributed by atoms with E-state index in [1.54, 1.807) is 18.5 Å². The summed E-state index contributed by atoms with van der Waals surface area (Å²) in [5.41, 5.74) is 0.646. The fraction of sp³-hybridized carbons (Fsp3) is 0.579. The van der Waals surface area contributed by atoms with Crippen LogP contribution in [0.3, 0.4) is 0 Å². The number of hydrogen-bond donors (Lipinski definition) is 0. The van der Waals surface area contributed by atoms with Crippen LogP contribution in [0.4, 0.5) is 0 Å². The maximum absolute atomic E-state index is 12.6. The number of rotatable bonds is 4. The van der Waals surface area contributed by atoms with E-state index in [9.17, 15) is 4.79 Å². The summed E-state index contributed by atoms with van der Waals surface area (Å²) in [4.78, 5) is 23.2. The van der Waals surface area contributed by atoms with E-state index >= 15 is 0 Å². The molecule has 1 unspecified atom stereocenters. The molecule has 2 aliphatic rings. The van der Waals surface area contributed by atoms with E-state index in [2.05, 4.69) is 15.1 Å². The summed E-state index contributed by atoms with van der Waals surface area (Å²) in [6.07, 6.45) is 8.02. The number of pyridine rings is 1. The summed E-state index contributed by atoms with van der Waals surface area (Å²) < 4.78 is 10.9. The number of carbonyl (C=O) groups excluding carboxylic acids is 1. The summed E-state index contributed by atoms with van der Waals surface area (Å²) in [7, 11) is 0. The highest BCUT2D eigenvalue weighted by Crippen LogP contribution is 2.26. The lowest BCUT2D eigenvalue weighted by molar-refractivity contribution is 0.0667. The third-order valence-electron chi connectivity index (χ3n) is 5.25. The third-order valence-corrected chi connectivity index (χ3v) is 5.25. The molecule has 138 valence electrons. The molecule has 0 aliphatic carbocycles. The van der Waals surface area contributed by atoms with Crippen molar-refractivity contribution in [1.82, 2.24) is 20.0 Å². The van der Waals surface area contributed by atoms with Crippen molar-refractivity contribution >= 4 is 5.91 Å². The van der Waals surface area contributed by atoms with E-state index in [1.807, 2.05) is 11.0 Å². The number of aromatic nitrogens is 3. The minimum Gasteiger partial charge on any atom is -0.381 e. The molecule has 7 nitrogen and oxygen atoms in total. The Labute approximate surface area is 152 Å². The minimum absolute atomic E-state index is 0.0521. The Morgan fingerprint density at radius 1 is 1.27 bits per heavy atom. The molecule has 0 N–H and O–H groups in total. The molecular weight excluding hydrogens is 332 g/mol. The van der Waals surface area contributed by atoms with Gasteiger partial charge in [-0.25, -0.2) is 0 Å². The predicted octanol–water partition coefficient (Wildman–Crippen LogP) is 2.45. The van der Waals surface area contributed by atoms with Crippen molar-refractivity contribution < 1.29 is 14.1 Å². The zero-order chi connectivity index (χ0) is 17.8. The van der Waals surface area contributed by atoms with Gasteiger partial charge in [0, 0.05) is 51.0 Å². The maximum atomic E-state index is 12.6. The summed E-state index contributed by atoms with van der Waals surface area (Å²) in [6.45, 7) is 3.05. The van der Waals surface area contributed by atoms with E-state index in [0.717, 1.165) is 64.2 Å². The predicted molar refractivity (Wildman–Crippen MR) is 93.7 cm³/mol. The summed E-state index contributed by atoms with van der Waals surface area (Å²) in [5, 5.41) is 4.18. The molecule has 0 radical (unpaired) electrons. The first-order valence-corrected chi connectivity index (χ1v) is 9.39. The van der Waals surface area contributed by atoms with Gasteiger partial charge < -0.3 is 14.2 Å². The van der Waals surface area contributed by atoms with E-state index in [1.165, 1.54) is 0 Å². The number of carbonyl (C=O) groups is 1. The second kappa shape index (κ2) is 7.95. The van der Waals surface area contributed by atoms with Crippen LogP contribution in [0, 0.1) is 5.92 Å². The highest BCUT2D eigenvalue weighted by molar-refractivity contribution is 5.93. The lowest BCUT2D eigenvalue weighted by Crippen LogP contribution is -2.40. The van der Waals surface area contributed by atoms with Crippen LogP contribution in [0.2, 0.25) is 0 Å². The molecule has 0 aromatic carbocycles. The first-order chi connectivity index (χ1) is 12.8. The average molecular weight is 356 g/mol. The van der Waals surface area contributed by atoms with Crippen LogP contribution in [-0.2, 0) is 11.2 Å². The molecule has 7 heteroatoms. The van der Waals surface area contributed by atoms with Gasteiger partial charge in [-0.3, -0.25) is 9.78 Å². The molecule has 1 amide bonds. The van der Waals surface area contributed by atoms with Crippen LogP contribution < -0.4 is 0 Å². The number of piperidine rings is 1. The average Bonchev–Trinajstić information content (AvgIpc) is 3.17. The van der Waals surface area contributed by atoms with Gasteiger partial charge in [0.05, 0.1) is 5.56 Å². The third kappa shape index (κ3) is 3.93. The molecule has 4 rings (SSSR count). The van der Waals surface area contributed by atoms with Crippen LogP contribution in [0.5, 0.6) is 0 Å². The molecule has 2 fully saturated rings. The topological polar surface area (TPSA) is 81.4 Å². The van der Waals surface area contributed by atoms with Gasteiger partial charge in [0.25, 0.3) is 5.91 Å². The molecule has 0 bridgehead atoms. The van der Waals surface area contributed by atoms with Crippen molar-refractivity contribution in [2.45, 2.75) is 38.0 Å². The van der Waals surface area contributed by atoms with Crippen LogP contribution >= 0.6 is 0 Å². The van der Waals surface area contributed by atoms with Crippen molar-refractivity contribution in [2.75, 3.05) is 26.3 Å². The van der Waals surface area contributed by atoms with Crippen LogP contribution in [0.15, 0.2) is 29.0 Å². The van der Waals surface area contributed by atoms with Crippen molar-refractivity contribution in [3.05, 3.63) is 41.8 Å². The molecule has 26 heavy (non-hydrogen) atoms. The lowest BCUT2D eigenvalue weighted by atomic mass is 9.94. The standard InChI is InChI=1S/C19H24N4O3/c24-19(16-4-1-7-20-12-16)23-8-2-3-14(13-23)11-17-21-18(22-26-17)15-5-9-25-10-6-15/h1,4,7,12,14-15H,2-3,5-6,8-11,13H2. The van der Waals surface area contributed by atoms with Crippen LogP contribution in [0.1, 0.15) is 53.7 Å². The fourth-order valence-electron chi connectivity index (χ4n) is 3.81. The van der Waals surface area contributed by atoms with Gasteiger partial charge >= 0.3 is 0 Å². The van der Waals surface area contributed by atoms with Gasteiger partial charge in [0.15, 0.2) is 5.82 Å². The van der Waals surface area contributed by atoms with Crippen LogP contribution in [-0.4, -0.2) is 52.2 Å². The van der Waals surface area contributed by atoms with E-state index in [-0.39, 0.29) is 5.91 Å². The molecule has 2 aromatic heterocycles. The molecule has 4 heterocycles. The molecule has 0 spiro atoms. The lowest BCUT2D eigenvalue weighted by Gasteiger charge is -2.32. The van der Waals surface area contributed by atoms with Gasteiger partial charge in [0.1, 0.15) is 0 Å². The highest BCUT2D eigenvalue weighted by Gasteiger charge is 2.27. The van der Waals surface area contributed by atoms with Crippen molar-refractivity contribution in [2.24, 2.45) is 5.92 Å². The largest absolute Gasteiger partial charge is 0.381 e. The van der Waals surface area contributed by atoms with Gasteiger partial charge in [-0.1, -0.05) is 5.16 Å². The monoisotopic (exact) mass is 356 g/mol. The second-order valence-corrected chi connectivity index (χ2v) is 7.14. The summed E-state index contributed by atoms with van der Waals surface area (Å²) in [6, 6.07) is 3.61. The Hall–Kier alpha value is -2.28. The molecule has 2 aliphatic heterocycles. The summed E-state index contributed by atoms with van der Waals surface area (Å²) in [5.74, 6) is 2.24. The summed E-state index contributed by atoms with van der Waals surface area (Å²) >= 11 is 0. The molecule has 0 saturated carbocycles. The SMILES string of the molecule is O=C(c1cccnc1)N1CCCC(Cc2nc(C3CCOCC3)no2)C1. The van der Waals surface area contributed by atoms with Crippen LogP contribution in [0.25, 0.3) is 0 Å². The zero-order valence-corrected chi connectivity index (χ0v) is 14.8. The maximum Gasteiger partial charge on any atom is 0.255 e. The first kappa shape index (κ1) is 17.1. The van der Waals surface area contributed by atoms with Crippen molar-refractivity contribution in [3.8, 4) is 0 Å². The molecule has 1 atom stereocenters. The van der Waals surface area contributed by atoms with E-state index in [4.69, 9.17) is 9.26 Å². The zero-order valence-electron chi connectivity index (χ0n) is 14.8. The molecule has 2 saturated heterocycles. The first-order valence-electron chi connectivity index (χ1n) is 9.39. The highest BCUT2D eigenvalue weighted by atomic mass is 16.5. The molecular formula is C19H24N4O3. The second-order valence-electron chi connectivity index (χ2n) is 7.14. The van der Waals surface area contributed by atoms with Gasteiger partial charge in [-0.2, -0.15) is 4.98 Å². The Morgan fingerprint density at radius 3 is 2.96 bits per heavy atom. The Morgan fingerprint density at radius 2 is 2.15 bits per heavy atom. The van der Waals surface area contributed by atoms with E-state index in [0.29, 0.717) is 23.3 Å². The molecule has 2 aromatic rings. The number of likely N-dealkylation sites (tertiary alicyclic amines) is 1. The van der Waals surface area contributed by atoms with E-state index < -0.39 is 0 Å². The number of hydrogen-bond acceptors (Lipinski definition) is 6. The van der Waals surface area contributed by atoms with Gasteiger partial charge in [0.2, 0.25) is 5.89 Å². The number of nitrogens with zero attached hydrogens (tertiary/aromatic N) is 4. The fourth-order valence-corrected chi connectivity index (χ4v) is 3.81. The van der Waals surface area contributed by atoms with Crippen molar-refractivity contribution in [1.29, 1.82) is 0 Å². The van der Waals surface area contributed by atoms with Gasteiger partial charge in [-0.05, 0) is 43.7 Å². The number of amides is 1.